The van der Waals surface area contributed by atoms with Crippen LogP contribution in [0.1, 0.15) is 5.56 Å². The number of carbonyl (C=O) groups excluding carboxylic acids is 1. The normalized spacial score (nSPS) is 10.6. The van der Waals surface area contributed by atoms with E-state index >= 15 is 0 Å². The quantitative estimate of drug-likeness (QED) is 0.614. The van der Waals surface area contributed by atoms with Crippen LogP contribution in [0.3, 0.4) is 0 Å². The molecule has 0 aliphatic carbocycles. The predicted octanol–water partition coefficient (Wildman–Crippen LogP) is 3.34. The Bertz CT molecular complexity index is 707. The molecule has 0 atom stereocenters. The second-order valence-corrected chi connectivity index (χ2v) is 5.59. The summed E-state index contributed by atoms with van der Waals surface area (Å²) in [6.45, 7) is -0.192. The largest absolute Gasteiger partial charge is 0.507 e. The number of phenolic OH excluding ortho intramolecular Hbond substituents is 1. The highest BCUT2D eigenvalue weighted by molar-refractivity contribution is 9.10. The highest BCUT2D eigenvalue weighted by Crippen LogP contribution is 2.20. The van der Waals surface area contributed by atoms with Gasteiger partial charge in [-0.2, -0.15) is 5.10 Å². The third-order valence-electron chi connectivity index (χ3n) is 2.55. The molecule has 5 nitrogen and oxygen atoms in total. The lowest BCUT2D eigenvalue weighted by atomic mass is 10.2. The Balaban J connectivity index is 1.85. The maximum atomic E-state index is 11.6. The van der Waals surface area contributed by atoms with E-state index in [1.54, 1.807) is 36.4 Å². The summed E-state index contributed by atoms with van der Waals surface area (Å²) in [5.41, 5.74) is 2.79. The van der Waals surface area contributed by atoms with Crippen molar-refractivity contribution >= 4 is 39.7 Å². The van der Waals surface area contributed by atoms with Gasteiger partial charge in [-0.05, 0) is 36.4 Å². The summed E-state index contributed by atoms with van der Waals surface area (Å²) in [6.07, 6.45) is 1.34. The number of phenols is 1. The standard InChI is InChI=1S/C15H12BrClN2O3/c16-11-4-5-14(20)10(6-11)8-18-19-15(21)9-22-13-3-1-2-12(17)7-13/h1-8,20H,9H2,(H,19,21)/b18-8-. The van der Waals surface area contributed by atoms with Gasteiger partial charge in [-0.15, -0.1) is 0 Å². The van der Waals surface area contributed by atoms with Crippen molar-refractivity contribution in [3.05, 3.63) is 57.5 Å². The van der Waals surface area contributed by atoms with Gasteiger partial charge in [0.15, 0.2) is 6.61 Å². The van der Waals surface area contributed by atoms with E-state index in [0.29, 0.717) is 16.3 Å². The van der Waals surface area contributed by atoms with E-state index < -0.39 is 5.91 Å². The Hall–Kier alpha value is -2.05. The molecule has 2 N–H and O–H groups in total. The lowest BCUT2D eigenvalue weighted by Crippen LogP contribution is -2.24. The van der Waals surface area contributed by atoms with Crippen molar-refractivity contribution in [1.29, 1.82) is 0 Å². The van der Waals surface area contributed by atoms with E-state index in [4.69, 9.17) is 16.3 Å². The Morgan fingerprint density at radius 1 is 1.36 bits per heavy atom. The maximum Gasteiger partial charge on any atom is 0.277 e. The van der Waals surface area contributed by atoms with Crippen molar-refractivity contribution in [2.45, 2.75) is 0 Å². The first-order chi connectivity index (χ1) is 10.5. The van der Waals surface area contributed by atoms with Crippen LogP contribution in [-0.2, 0) is 4.79 Å². The van der Waals surface area contributed by atoms with E-state index in [1.807, 2.05) is 0 Å². The second kappa shape index (κ2) is 7.82. The number of hydrogen-bond acceptors (Lipinski definition) is 4. The summed E-state index contributed by atoms with van der Waals surface area (Å²) in [4.78, 5) is 11.6. The number of rotatable bonds is 5. The Morgan fingerprint density at radius 3 is 2.95 bits per heavy atom. The fourth-order valence-electron chi connectivity index (χ4n) is 1.54. The number of aromatic hydroxyl groups is 1. The minimum atomic E-state index is -0.425. The van der Waals surface area contributed by atoms with Crippen molar-refractivity contribution in [3.63, 3.8) is 0 Å². The van der Waals surface area contributed by atoms with Gasteiger partial charge < -0.3 is 9.84 Å². The molecular weight excluding hydrogens is 372 g/mol. The van der Waals surface area contributed by atoms with Gasteiger partial charge >= 0.3 is 0 Å². The molecule has 114 valence electrons. The predicted molar refractivity (Wildman–Crippen MR) is 88.5 cm³/mol. The van der Waals surface area contributed by atoms with Crippen LogP contribution < -0.4 is 10.2 Å². The molecule has 0 unspecified atom stereocenters. The SMILES string of the molecule is O=C(COc1cccc(Cl)c1)N/N=C\c1cc(Br)ccc1O. The lowest BCUT2D eigenvalue weighted by molar-refractivity contribution is -0.123. The molecule has 0 aromatic heterocycles. The minimum absolute atomic E-state index is 0.0661. The molecule has 0 aliphatic heterocycles. The minimum Gasteiger partial charge on any atom is -0.507 e. The summed E-state index contributed by atoms with van der Waals surface area (Å²) in [5, 5.41) is 13.9. The molecule has 0 aliphatic rings. The van der Waals surface area contributed by atoms with Crippen LogP contribution in [0.15, 0.2) is 52.0 Å². The van der Waals surface area contributed by atoms with Gasteiger partial charge in [-0.3, -0.25) is 4.79 Å². The monoisotopic (exact) mass is 382 g/mol. The van der Waals surface area contributed by atoms with Crippen molar-refractivity contribution in [1.82, 2.24) is 5.43 Å². The molecule has 0 spiro atoms. The number of halogens is 2. The zero-order valence-corrected chi connectivity index (χ0v) is 13.6. The van der Waals surface area contributed by atoms with Crippen LogP contribution >= 0.6 is 27.5 Å². The first-order valence-electron chi connectivity index (χ1n) is 6.23. The van der Waals surface area contributed by atoms with Crippen LogP contribution in [0, 0.1) is 0 Å². The van der Waals surface area contributed by atoms with E-state index in [9.17, 15) is 9.90 Å². The van der Waals surface area contributed by atoms with Gasteiger partial charge in [0.2, 0.25) is 0 Å². The Kier molecular flexibility index (Phi) is 5.80. The average Bonchev–Trinajstić information content (AvgIpc) is 2.49. The van der Waals surface area contributed by atoms with Crippen molar-refractivity contribution in [3.8, 4) is 11.5 Å². The van der Waals surface area contributed by atoms with Gasteiger partial charge in [0.25, 0.3) is 5.91 Å². The molecule has 2 rings (SSSR count). The maximum absolute atomic E-state index is 11.6. The summed E-state index contributed by atoms with van der Waals surface area (Å²) in [5.74, 6) is 0.137. The number of benzene rings is 2. The third kappa shape index (κ3) is 5.05. The number of hydrazone groups is 1. The third-order valence-corrected chi connectivity index (χ3v) is 3.28. The first-order valence-corrected chi connectivity index (χ1v) is 7.40. The highest BCUT2D eigenvalue weighted by Gasteiger charge is 2.03. The number of hydrogen-bond donors (Lipinski definition) is 2. The lowest BCUT2D eigenvalue weighted by Gasteiger charge is -2.05. The molecule has 2 aromatic carbocycles. The van der Waals surface area contributed by atoms with Crippen LogP contribution in [0.5, 0.6) is 11.5 Å². The number of nitrogens with zero attached hydrogens (tertiary/aromatic N) is 1. The smallest absolute Gasteiger partial charge is 0.277 e. The second-order valence-electron chi connectivity index (χ2n) is 4.24. The number of ether oxygens (including phenoxy) is 1. The number of carbonyl (C=O) groups is 1. The molecule has 0 bridgehead atoms. The van der Waals surface area contributed by atoms with E-state index in [-0.39, 0.29) is 12.4 Å². The molecule has 22 heavy (non-hydrogen) atoms. The fraction of sp³-hybridized carbons (Fsp3) is 0.0667. The van der Waals surface area contributed by atoms with Crippen LogP contribution in [0.25, 0.3) is 0 Å². The van der Waals surface area contributed by atoms with Gasteiger partial charge in [0, 0.05) is 15.1 Å². The fourth-order valence-corrected chi connectivity index (χ4v) is 2.10. The van der Waals surface area contributed by atoms with Crippen molar-refractivity contribution in [2.75, 3.05) is 6.61 Å². The van der Waals surface area contributed by atoms with Crippen molar-refractivity contribution < 1.29 is 14.6 Å². The number of amides is 1. The topological polar surface area (TPSA) is 70.9 Å². The molecular formula is C15H12BrClN2O3. The van der Waals surface area contributed by atoms with Crippen molar-refractivity contribution in [2.24, 2.45) is 5.10 Å². The van der Waals surface area contributed by atoms with E-state index in [0.717, 1.165) is 4.47 Å². The van der Waals surface area contributed by atoms with Crippen LogP contribution in [0.2, 0.25) is 5.02 Å². The molecule has 1 amide bonds. The van der Waals surface area contributed by atoms with Crippen LogP contribution in [0.4, 0.5) is 0 Å². The summed E-state index contributed by atoms with van der Waals surface area (Å²) in [6, 6.07) is 11.6. The van der Waals surface area contributed by atoms with E-state index in [2.05, 4.69) is 26.5 Å². The summed E-state index contributed by atoms with van der Waals surface area (Å²) in [7, 11) is 0. The van der Waals surface area contributed by atoms with Gasteiger partial charge in [-0.25, -0.2) is 5.43 Å². The molecule has 0 saturated heterocycles. The molecule has 0 radical (unpaired) electrons. The average molecular weight is 384 g/mol. The van der Waals surface area contributed by atoms with Gasteiger partial charge in [-0.1, -0.05) is 33.6 Å². The molecule has 7 heteroatoms. The Labute approximate surface area is 140 Å². The highest BCUT2D eigenvalue weighted by atomic mass is 79.9. The zero-order chi connectivity index (χ0) is 15.9. The van der Waals surface area contributed by atoms with Crippen LogP contribution in [-0.4, -0.2) is 23.8 Å². The van der Waals surface area contributed by atoms with Gasteiger partial charge in [0.05, 0.1) is 6.21 Å². The molecule has 0 saturated carbocycles. The van der Waals surface area contributed by atoms with E-state index in [1.165, 1.54) is 12.3 Å². The zero-order valence-electron chi connectivity index (χ0n) is 11.3. The molecule has 2 aromatic rings. The molecule has 0 fully saturated rings. The number of nitrogens with one attached hydrogen (secondary N) is 1. The van der Waals surface area contributed by atoms with Gasteiger partial charge in [0.1, 0.15) is 11.5 Å². The summed E-state index contributed by atoms with van der Waals surface area (Å²) < 4.78 is 6.06. The first kappa shape index (κ1) is 16.3. The Morgan fingerprint density at radius 2 is 2.18 bits per heavy atom. The molecule has 0 heterocycles. The summed E-state index contributed by atoms with van der Waals surface area (Å²) >= 11 is 9.09.